The van der Waals surface area contributed by atoms with E-state index in [9.17, 15) is 13.2 Å². The topological polar surface area (TPSA) is 89.3 Å². The van der Waals surface area contributed by atoms with Crippen LogP contribution in [0.1, 0.15) is 17.2 Å². The highest BCUT2D eigenvalue weighted by molar-refractivity contribution is 7.90. The van der Waals surface area contributed by atoms with E-state index in [1.165, 1.54) is 6.26 Å². The van der Waals surface area contributed by atoms with E-state index < -0.39 is 21.8 Å². The van der Waals surface area contributed by atoms with Crippen LogP contribution in [0.4, 0.5) is 0 Å². The van der Waals surface area contributed by atoms with Crippen LogP contribution >= 0.6 is 0 Å². The summed E-state index contributed by atoms with van der Waals surface area (Å²) in [6.07, 6.45) is 1.17. The smallest absolute Gasteiger partial charge is 0.239 e. The lowest BCUT2D eigenvalue weighted by atomic mass is 10.1. The number of hydrogen-bond acceptors (Lipinski definition) is 4. The van der Waals surface area contributed by atoms with Gasteiger partial charge in [-0.1, -0.05) is 42.5 Å². The highest BCUT2D eigenvalue weighted by Gasteiger charge is 2.16. The van der Waals surface area contributed by atoms with Crippen molar-refractivity contribution in [3.63, 3.8) is 0 Å². The van der Waals surface area contributed by atoms with Crippen LogP contribution in [0.3, 0.4) is 0 Å². The summed E-state index contributed by atoms with van der Waals surface area (Å²) in [6.45, 7) is 0.409. The molecule has 6 heteroatoms. The van der Waals surface area contributed by atoms with E-state index in [0.717, 1.165) is 11.1 Å². The monoisotopic (exact) mass is 318 g/mol. The fourth-order valence-corrected chi connectivity index (χ4v) is 2.73. The van der Waals surface area contributed by atoms with E-state index in [0.29, 0.717) is 6.54 Å². The number of hydrogen-bond donors (Lipinski definition) is 2. The van der Waals surface area contributed by atoms with E-state index in [4.69, 9.17) is 5.73 Å². The Hall–Kier alpha value is -2.18. The van der Waals surface area contributed by atoms with Crippen molar-refractivity contribution in [1.29, 1.82) is 0 Å². The molecule has 2 aromatic carbocycles. The van der Waals surface area contributed by atoms with Crippen molar-refractivity contribution in [3.05, 3.63) is 65.7 Å². The van der Waals surface area contributed by atoms with Crippen LogP contribution in [-0.2, 0) is 21.2 Å². The van der Waals surface area contributed by atoms with Gasteiger partial charge < -0.3 is 5.73 Å². The van der Waals surface area contributed by atoms with Crippen molar-refractivity contribution in [2.75, 3.05) is 6.26 Å². The van der Waals surface area contributed by atoms with Crippen molar-refractivity contribution < 1.29 is 13.2 Å². The molecule has 0 aromatic heterocycles. The minimum atomic E-state index is -3.20. The van der Waals surface area contributed by atoms with E-state index in [2.05, 4.69) is 5.32 Å². The van der Waals surface area contributed by atoms with Gasteiger partial charge in [-0.15, -0.1) is 0 Å². The molecule has 0 aliphatic carbocycles. The number of sulfone groups is 1. The summed E-state index contributed by atoms with van der Waals surface area (Å²) in [5.41, 5.74) is 7.10. The molecule has 116 valence electrons. The van der Waals surface area contributed by atoms with E-state index in [1.54, 1.807) is 24.3 Å². The van der Waals surface area contributed by atoms with Gasteiger partial charge in [-0.05, 0) is 23.3 Å². The van der Waals surface area contributed by atoms with Crippen molar-refractivity contribution in [3.8, 4) is 0 Å². The first-order valence-electron chi connectivity index (χ1n) is 6.74. The Kier molecular flexibility index (Phi) is 4.95. The third-order valence-electron chi connectivity index (χ3n) is 3.28. The Morgan fingerprint density at radius 2 is 1.68 bits per heavy atom. The van der Waals surface area contributed by atoms with Gasteiger partial charge >= 0.3 is 0 Å². The molecule has 1 atom stereocenters. The molecular weight excluding hydrogens is 300 g/mol. The molecule has 0 saturated heterocycles. The Bertz CT molecular complexity index is 741. The summed E-state index contributed by atoms with van der Waals surface area (Å²) in [4.78, 5) is 11.9. The standard InChI is InChI=1S/C16H18N2O3S/c1-22(20,21)14-9-7-12(8-10-14)11-18-15(16(17)19)13-5-3-2-4-6-13/h2-10,15,18H,11H2,1H3,(H2,17,19)/t15-/m1/s1. The molecule has 0 aliphatic rings. The maximum atomic E-state index is 11.6. The number of rotatable bonds is 6. The quantitative estimate of drug-likeness (QED) is 0.842. The lowest BCUT2D eigenvalue weighted by Crippen LogP contribution is -2.33. The fourth-order valence-electron chi connectivity index (χ4n) is 2.10. The first-order valence-corrected chi connectivity index (χ1v) is 8.64. The zero-order valence-electron chi connectivity index (χ0n) is 12.2. The van der Waals surface area contributed by atoms with Gasteiger partial charge in [-0.25, -0.2) is 8.42 Å². The maximum absolute atomic E-state index is 11.6. The lowest BCUT2D eigenvalue weighted by Gasteiger charge is -2.16. The van der Waals surface area contributed by atoms with Gasteiger partial charge in [0, 0.05) is 12.8 Å². The molecule has 1 amide bonds. The molecular formula is C16H18N2O3S. The predicted molar refractivity (Wildman–Crippen MR) is 84.8 cm³/mol. The minimum Gasteiger partial charge on any atom is -0.368 e. The second-order valence-electron chi connectivity index (χ2n) is 5.04. The molecule has 3 N–H and O–H groups in total. The Morgan fingerprint density at radius 1 is 1.09 bits per heavy atom. The summed E-state index contributed by atoms with van der Waals surface area (Å²) in [6, 6.07) is 15.1. The van der Waals surface area contributed by atoms with E-state index in [-0.39, 0.29) is 4.90 Å². The molecule has 22 heavy (non-hydrogen) atoms. The van der Waals surface area contributed by atoms with Gasteiger partial charge in [0.15, 0.2) is 9.84 Å². The van der Waals surface area contributed by atoms with Gasteiger partial charge in [0.2, 0.25) is 5.91 Å². The molecule has 0 radical (unpaired) electrons. The summed E-state index contributed by atoms with van der Waals surface area (Å²) in [7, 11) is -3.20. The van der Waals surface area contributed by atoms with Crippen molar-refractivity contribution in [1.82, 2.24) is 5.32 Å². The average molecular weight is 318 g/mol. The van der Waals surface area contributed by atoms with Crippen LogP contribution in [0.15, 0.2) is 59.5 Å². The van der Waals surface area contributed by atoms with Crippen molar-refractivity contribution in [2.45, 2.75) is 17.5 Å². The van der Waals surface area contributed by atoms with Crippen LogP contribution in [0.25, 0.3) is 0 Å². The number of nitrogens with one attached hydrogen (secondary N) is 1. The molecule has 0 unspecified atom stereocenters. The second kappa shape index (κ2) is 6.72. The zero-order chi connectivity index (χ0) is 16.2. The lowest BCUT2D eigenvalue weighted by molar-refractivity contribution is -0.120. The molecule has 2 rings (SSSR count). The summed E-state index contributed by atoms with van der Waals surface area (Å²) >= 11 is 0. The summed E-state index contributed by atoms with van der Waals surface area (Å²) in [5.74, 6) is -0.459. The number of nitrogens with two attached hydrogens (primary N) is 1. The summed E-state index contributed by atoms with van der Waals surface area (Å²) < 4.78 is 22.8. The normalized spacial score (nSPS) is 12.8. The second-order valence-corrected chi connectivity index (χ2v) is 7.06. The van der Waals surface area contributed by atoms with Gasteiger partial charge in [0.05, 0.1) is 4.90 Å². The Balaban J connectivity index is 2.09. The van der Waals surface area contributed by atoms with Crippen molar-refractivity contribution in [2.24, 2.45) is 5.73 Å². The van der Waals surface area contributed by atoms with Crippen LogP contribution in [0.5, 0.6) is 0 Å². The predicted octanol–water partition coefficient (Wildman–Crippen LogP) is 1.41. The van der Waals surface area contributed by atoms with Crippen LogP contribution < -0.4 is 11.1 Å². The molecule has 0 saturated carbocycles. The zero-order valence-corrected chi connectivity index (χ0v) is 13.0. The SMILES string of the molecule is CS(=O)(=O)c1ccc(CN[C@@H](C(N)=O)c2ccccc2)cc1. The molecule has 0 fully saturated rings. The number of carbonyl (C=O) groups excluding carboxylic acids is 1. The molecule has 2 aromatic rings. The van der Waals surface area contributed by atoms with Crippen molar-refractivity contribution >= 4 is 15.7 Å². The van der Waals surface area contributed by atoms with Crippen LogP contribution in [0, 0.1) is 0 Å². The third kappa shape index (κ3) is 4.16. The van der Waals surface area contributed by atoms with Gasteiger partial charge in [0.25, 0.3) is 0 Å². The Morgan fingerprint density at radius 3 is 2.18 bits per heavy atom. The first-order chi connectivity index (χ1) is 10.4. The molecule has 0 heterocycles. The maximum Gasteiger partial charge on any atom is 0.239 e. The number of benzene rings is 2. The van der Waals surface area contributed by atoms with Gasteiger partial charge in [-0.3, -0.25) is 10.1 Å². The first kappa shape index (κ1) is 16.2. The minimum absolute atomic E-state index is 0.269. The van der Waals surface area contributed by atoms with Crippen LogP contribution in [-0.4, -0.2) is 20.6 Å². The molecule has 0 bridgehead atoms. The highest BCUT2D eigenvalue weighted by atomic mass is 32.2. The van der Waals surface area contributed by atoms with Crippen LogP contribution in [0.2, 0.25) is 0 Å². The average Bonchev–Trinajstić information content (AvgIpc) is 2.48. The number of amides is 1. The van der Waals surface area contributed by atoms with E-state index >= 15 is 0 Å². The Labute approximate surface area is 130 Å². The number of primary amides is 1. The molecule has 0 spiro atoms. The van der Waals surface area contributed by atoms with E-state index in [1.807, 2.05) is 30.3 Å². The van der Waals surface area contributed by atoms with Gasteiger partial charge in [0.1, 0.15) is 6.04 Å². The fraction of sp³-hybridized carbons (Fsp3) is 0.188. The molecule has 5 nitrogen and oxygen atoms in total. The largest absolute Gasteiger partial charge is 0.368 e. The van der Waals surface area contributed by atoms with Gasteiger partial charge in [-0.2, -0.15) is 0 Å². The highest BCUT2D eigenvalue weighted by Crippen LogP contribution is 2.14. The molecule has 0 aliphatic heterocycles. The summed E-state index contributed by atoms with van der Waals surface area (Å²) in [5, 5.41) is 3.09. The number of carbonyl (C=O) groups is 1. The third-order valence-corrected chi connectivity index (χ3v) is 4.41.